The van der Waals surface area contributed by atoms with Crippen LogP contribution in [0.25, 0.3) is 0 Å². The molecule has 0 radical (unpaired) electrons. The highest BCUT2D eigenvalue weighted by Gasteiger charge is 2.42. The molecular weight excluding hydrogens is 985 g/mol. The van der Waals surface area contributed by atoms with E-state index in [9.17, 15) is 38.4 Å². The third-order valence-corrected chi connectivity index (χ3v) is 15.6. The number of ether oxygens (including phenoxy) is 4. The third kappa shape index (κ3) is 19.5. The second-order valence-corrected chi connectivity index (χ2v) is 21.5. The Labute approximate surface area is 458 Å². The van der Waals surface area contributed by atoms with Crippen molar-refractivity contribution in [3.05, 3.63) is 71.8 Å². The normalized spacial score (nSPS) is 17.4. The quantitative estimate of drug-likeness (QED) is 0.0402. The molecule has 2 aromatic carbocycles. The number of carbonyl (C=O) groups is 8. The fraction of sp³-hybridized carbons (Fsp3) is 0.633. The van der Waals surface area contributed by atoms with Crippen molar-refractivity contribution in [2.75, 3.05) is 48.5 Å². The number of likely N-dealkylation sites (N-methyl/N-ethyl adjacent to an activating group) is 2. The van der Waals surface area contributed by atoms with E-state index in [1.807, 2.05) is 76.8 Å². The molecule has 1 fully saturated rings. The summed E-state index contributed by atoms with van der Waals surface area (Å²) in [6.07, 6.45) is 6.86. The fourth-order valence-corrected chi connectivity index (χ4v) is 10.6. The van der Waals surface area contributed by atoms with Gasteiger partial charge in [-0.25, -0.2) is 0 Å². The summed E-state index contributed by atoms with van der Waals surface area (Å²) < 4.78 is 22.7. The van der Waals surface area contributed by atoms with Gasteiger partial charge in [-0.2, -0.15) is 0 Å². The number of benzene rings is 2. The molecule has 17 heteroatoms. The molecule has 77 heavy (non-hydrogen) atoms. The Kier molecular flexibility index (Phi) is 27.8. The molecule has 0 aromatic heterocycles. The number of carbonyl (C=O) groups excluding carboxylic acids is 7. The molecule has 0 aliphatic carbocycles. The van der Waals surface area contributed by atoms with Gasteiger partial charge in [0, 0.05) is 88.2 Å². The molecule has 4 amide bonds. The highest BCUT2D eigenvalue weighted by atomic mass is 16.5. The van der Waals surface area contributed by atoms with Gasteiger partial charge in [0.15, 0.2) is 5.78 Å². The second kappa shape index (κ2) is 32.7. The number of aliphatic carboxylic acids is 1. The summed E-state index contributed by atoms with van der Waals surface area (Å²) in [5, 5.41) is 11.5. The summed E-state index contributed by atoms with van der Waals surface area (Å²) >= 11 is 0. The number of methoxy groups -OCH3 is 3. The molecule has 0 spiro atoms. The molecule has 428 valence electrons. The zero-order chi connectivity index (χ0) is 57.5. The highest BCUT2D eigenvalue weighted by Crippen LogP contribution is 2.34. The van der Waals surface area contributed by atoms with Crippen molar-refractivity contribution < 1.29 is 62.4 Å². The molecule has 17 nitrogen and oxygen atoms in total. The first-order valence-corrected chi connectivity index (χ1v) is 27.5. The number of rotatable bonds is 32. The number of hydrogen-bond acceptors (Lipinski definition) is 13. The smallest absolute Gasteiger partial charge is 0.310 e. The number of unbranched alkanes of at least 4 members (excludes halogenated alkanes) is 2. The molecule has 0 unspecified atom stereocenters. The van der Waals surface area contributed by atoms with Crippen LogP contribution in [-0.4, -0.2) is 140 Å². The van der Waals surface area contributed by atoms with Crippen LogP contribution in [0.4, 0.5) is 0 Å². The van der Waals surface area contributed by atoms with E-state index in [1.165, 1.54) is 17.1 Å². The summed E-state index contributed by atoms with van der Waals surface area (Å²) in [6, 6.07) is 14.0. The van der Waals surface area contributed by atoms with Crippen LogP contribution < -0.4 is 14.8 Å². The van der Waals surface area contributed by atoms with E-state index in [0.717, 1.165) is 24.8 Å². The predicted molar refractivity (Wildman–Crippen MR) is 295 cm³/mol. The number of hydrogen-bond donors (Lipinski definition) is 2. The molecule has 2 aliphatic heterocycles. The van der Waals surface area contributed by atoms with Crippen molar-refractivity contribution in [2.24, 2.45) is 41.4 Å². The maximum absolute atomic E-state index is 14.4. The lowest BCUT2D eigenvalue weighted by molar-refractivity contribution is -0.152. The van der Waals surface area contributed by atoms with E-state index >= 15 is 0 Å². The van der Waals surface area contributed by atoms with Crippen LogP contribution in [0.5, 0.6) is 11.5 Å². The number of nitrogens with zero attached hydrogens (tertiary/aromatic N) is 3. The number of esters is 1. The maximum atomic E-state index is 14.4. The van der Waals surface area contributed by atoms with Crippen LogP contribution in [-0.2, 0) is 60.9 Å². The van der Waals surface area contributed by atoms with Crippen LogP contribution in [0.2, 0.25) is 0 Å². The number of carboxylic acid groups (broad SMARTS) is 1. The first-order chi connectivity index (χ1) is 36.5. The van der Waals surface area contributed by atoms with E-state index < -0.39 is 41.8 Å². The minimum Gasteiger partial charge on any atom is -0.497 e. The zero-order valence-electron chi connectivity index (χ0n) is 48.2. The van der Waals surface area contributed by atoms with Gasteiger partial charge >= 0.3 is 11.9 Å². The van der Waals surface area contributed by atoms with Crippen LogP contribution in [0, 0.1) is 41.4 Å². The molecule has 2 heterocycles. The van der Waals surface area contributed by atoms with Crippen molar-refractivity contribution in [2.45, 2.75) is 157 Å². The van der Waals surface area contributed by atoms with E-state index in [0.29, 0.717) is 55.8 Å². The summed E-state index contributed by atoms with van der Waals surface area (Å²) in [6.45, 7) is 16.9. The van der Waals surface area contributed by atoms with Gasteiger partial charge in [0.05, 0.1) is 44.7 Å². The van der Waals surface area contributed by atoms with Gasteiger partial charge in [0.1, 0.15) is 23.9 Å². The lowest BCUT2D eigenvalue weighted by Crippen LogP contribution is -2.53. The summed E-state index contributed by atoms with van der Waals surface area (Å²) in [5.74, 6) is -2.76. The van der Waals surface area contributed by atoms with Crippen LogP contribution in [0.1, 0.15) is 131 Å². The van der Waals surface area contributed by atoms with Gasteiger partial charge < -0.3 is 39.2 Å². The standard InChI is InChI=1S/C50H77N3O9.C10H13NO4/c1-14-33(6)48(52(10)49(57)40(31(2)3)28-43(55)47(51-9)32(4)5)45(61-13)29-46(56)53-24-18-21-41(53)34(7)35(8)42(54)26-38(25-36-19-16-15-17-20-36)50(58)62-30-37-22-23-39(59-11)27-44(37)60-12;12-8-5-6-9(13)11(8)7-3-1-2-4-10(14)15/h15-17,19-20,22-23,27,31-35,38,40-41,45,47-48,51H,14,18,21,24-26,28-30H2,1-13H3;5-6H,1-4,7H2,(H,14,15)/t33-,34+,35+,38+,40-,41-,45+,47-,48-;/m0./s1. The molecular formula is C60H90N4O13. The van der Waals surface area contributed by atoms with Crippen molar-refractivity contribution in [1.82, 2.24) is 20.0 Å². The maximum Gasteiger partial charge on any atom is 0.310 e. The highest BCUT2D eigenvalue weighted by molar-refractivity contribution is 6.12. The Balaban J connectivity index is 0.000000890. The fourth-order valence-electron chi connectivity index (χ4n) is 10.6. The molecule has 9 atom stereocenters. The van der Waals surface area contributed by atoms with Gasteiger partial charge in [-0.1, -0.05) is 98.6 Å². The van der Waals surface area contributed by atoms with E-state index in [2.05, 4.69) is 19.2 Å². The average Bonchev–Trinajstić information content (AvgIpc) is 4.03. The number of imide groups is 1. The average molecular weight is 1080 g/mol. The van der Waals surface area contributed by atoms with Crippen molar-refractivity contribution in [1.29, 1.82) is 0 Å². The Morgan fingerprint density at radius 3 is 2.04 bits per heavy atom. The van der Waals surface area contributed by atoms with E-state index in [1.54, 1.807) is 58.5 Å². The number of carboxylic acids is 1. The zero-order valence-corrected chi connectivity index (χ0v) is 48.2. The number of likely N-dealkylation sites (tertiary alicyclic amines) is 1. The Morgan fingerprint density at radius 1 is 0.818 bits per heavy atom. The number of nitrogens with one attached hydrogen (secondary N) is 1. The number of Topliss-reactive ketones (excluding diaryl/α,β-unsaturated/α-hetero) is 2. The topological polar surface area (TPSA) is 215 Å². The number of amides is 4. The van der Waals surface area contributed by atoms with Crippen LogP contribution >= 0.6 is 0 Å². The SMILES string of the molecule is CC[C@H](C)[C@@H]([C@@H](CC(=O)N1CCC[C@H]1[C@H](C)[C@@H](C)C(=O)C[C@@H](Cc1ccccc1)C(=O)OCc1ccc(OC)cc1OC)OC)N(C)C(=O)[C@@H](CC(=O)[C@@H](NC)C(C)C)C(C)C.O=C(O)CCCCCN1C(=O)C=CC1=O. The van der Waals surface area contributed by atoms with Crippen molar-refractivity contribution in [3.63, 3.8) is 0 Å². The summed E-state index contributed by atoms with van der Waals surface area (Å²) in [4.78, 5) is 107. The minimum absolute atomic E-state index is 0.00159. The molecule has 4 rings (SSSR count). The van der Waals surface area contributed by atoms with Crippen LogP contribution in [0.15, 0.2) is 60.7 Å². The monoisotopic (exact) mass is 1070 g/mol. The van der Waals surface area contributed by atoms with E-state index in [4.69, 9.17) is 24.1 Å². The lowest BCUT2D eigenvalue weighted by atomic mass is 9.81. The van der Waals surface area contributed by atoms with Crippen molar-refractivity contribution in [3.8, 4) is 11.5 Å². The summed E-state index contributed by atoms with van der Waals surface area (Å²) in [5.41, 5.74) is 1.61. The van der Waals surface area contributed by atoms with Crippen LogP contribution in [0.3, 0.4) is 0 Å². The van der Waals surface area contributed by atoms with Gasteiger partial charge in [0.25, 0.3) is 11.8 Å². The third-order valence-electron chi connectivity index (χ3n) is 15.6. The second-order valence-electron chi connectivity index (χ2n) is 21.5. The van der Waals surface area contributed by atoms with Gasteiger partial charge in [-0.05, 0) is 80.5 Å². The molecule has 2 N–H and O–H groups in total. The molecule has 0 saturated carbocycles. The Bertz CT molecular complexity index is 2270. The first kappa shape index (κ1) is 65.3. The largest absolute Gasteiger partial charge is 0.497 e. The number of ketones is 2. The molecule has 1 saturated heterocycles. The van der Waals surface area contributed by atoms with Crippen molar-refractivity contribution >= 4 is 47.1 Å². The van der Waals surface area contributed by atoms with Gasteiger partial charge in [0.2, 0.25) is 11.8 Å². The van der Waals surface area contributed by atoms with E-state index in [-0.39, 0.29) is 103 Å². The summed E-state index contributed by atoms with van der Waals surface area (Å²) in [7, 11) is 8.25. The first-order valence-electron chi connectivity index (χ1n) is 27.5. The Hall–Kier alpha value is -5.94. The minimum atomic E-state index is -0.815. The molecule has 2 aromatic rings. The molecule has 2 aliphatic rings. The molecule has 0 bridgehead atoms. The lowest BCUT2D eigenvalue weighted by Gasteiger charge is -2.40. The predicted octanol–water partition coefficient (Wildman–Crippen LogP) is 8.14. The Morgan fingerprint density at radius 2 is 1.48 bits per heavy atom. The van der Waals surface area contributed by atoms with Gasteiger partial charge in [-0.15, -0.1) is 0 Å². The van der Waals surface area contributed by atoms with Gasteiger partial charge in [-0.3, -0.25) is 43.3 Å².